The molecule has 1 atom stereocenters. The number of carbonyl (C=O) groups is 2. The summed E-state index contributed by atoms with van der Waals surface area (Å²) in [6, 6.07) is 5.99. The first-order valence-corrected chi connectivity index (χ1v) is 4.86. The van der Waals surface area contributed by atoms with Crippen LogP contribution < -0.4 is 10.6 Å². The number of hydrogen-bond acceptors (Lipinski definition) is 3. The van der Waals surface area contributed by atoms with E-state index in [1.807, 2.05) is 0 Å². The zero-order valence-electron chi connectivity index (χ0n) is 9.15. The Labute approximate surface area is 93.5 Å². The van der Waals surface area contributed by atoms with Crippen LogP contribution in [0.4, 0.5) is 5.69 Å². The molecule has 16 heavy (non-hydrogen) atoms. The lowest BCUT2D eigenvalue weighted by atomic mass is 10.2. The van der Waals surface area contributed by atoms with Crippen LogP contribution in [0.5, 0.6) is 0 Å². The molecule has 0 heterocycles. The van der Waals surface area contributed by atoms with Gasteiger partial charge in [-0.05, 0) is 25.1 Å². The van der Waals surface area contributed by atoms with Crippen LogP contribution in [0.2, 0.25) is 0 Å². The van der Waals surface area contributed by atoms with Gasteiger partial charge < -0.3 is 15.7 Å². The maximum Gasteiger partial charge on any atom is 0.325 e. The fourth-order valence-corrected chi connectivity index (χ4v) is 1.21. The lowest BCUT2D eigenvalue weighted by Gasteiger charge is -2.11. The van der Waals surface area contributed by atoms with Gasteiger partial charge in [0.25, 0.3) is 5.91 Å². The number of hydrogen-bond donors (Lipinski definition) is 3. The molecule has 1 unspecified atom stereocenters. The average molecular weight is 222 g/mol. The third-order valence-corrected chi connectivity index (χ3v) is 2.11. The van der Waals surface area contributed by atoms with Gasteiger partial charge in [-0.2, -0.15) is 0 Å². The molecule has 0 aliphatic carbocycles. The summed E-state index contributed by atoms with van der Waals surface area (Å²) in [6.07, 6.45) is 0. The summed E-state index contributed by atoms with van der Waals surface area (Å²) in [5.74, 6) is -1.14. The number of carboxylic acids is 1. The van der Waals surface area contributed by atoms with Crippen LogP contribution >= 0.6 is 0 Å². The van der Waals surface area contributed by atoms with Crippen molar-refractivity contribution in [3.8, 4) is 0 Å². The van der Waals surface area contributed by atoms with E-state index in [0.29, 0.717) is 11.3 Å². The highest BCUT2D eigenvalue weighted by Crippen LogP contribution is 2.11. The van der Waals surface area contributed by atoms with Crippen molar-refractivity contribution < 1.29 is 14.7 Å². The van der Waals surface area contributed by atoms with E-state index in [2.05, 4.69) is 10.6 Å². The van der Waals surface area contributed by atoms with Gasteiger partial charge in [-0.3, -0.25) is 9.59 Å². The summed E-state index contributed by atoms with van der Waals surface area (Å²) in [7, 11) is 1.54. The van der Waals surface area contributed by atoms with Gasteiger partial charge in [-0.1, -0.05) is 6.07 Å². The predicted molar refractivity (Wildman–Crippen MR) is 60.6 cm³/mol. The van der Waals surface area contributed by atoms with Crippen molar-refractivity contribution in [1.82, 2.24) is 5.32 Å². The molecule has 1 rings (SSSR count). The quantitative estimate of drug-likeness (QED) is 0.708. The van der Waals surface area contributed by atoms with Gasteiger partial charge in [0.05, 0.1) is 0 Å². The molecule has 3 N–H and O–H groups in total. The summed E-state index contributed by atoms with van der Waals surface area (Å²) in [4.78, 5) is 22.0. The van der Waals surface area contributed by atoms with Gasteiger partial charge in [0.1, 0.15) is 6.04 Å². The lowest BCUT2D eigenvalue weighted by Crippen LogP contribution is -2.25. The van der Waals surface area contributed by atoms with Gasteiger partial charge >= 0.3 is 5.97 Å². The molecule has 5 nitrogen and oxygen atoms in total. The highest BCUT2D eigenvalue weighted by Gasteiger charge is 2.11. The fraction of sp³-hybridized carbons (Fsp3) is 0.273. The second-order valence-electron chi connectivity index (χ2n) is 3.36. The Morgan fingerprint density at radius 1 is 1.38 bits per heavy atom. The molecule has 0 aromatic heterocycles. The smallest absolute Gasteiger partial charge is 0.325 e. The third-order valence-electron chi connectivity index (χ3n) is 2.11. The molecule has 86 valence electrons. The summed E-state index contributed by atoms with van der Waals surface area (Å²) in [6.45, 7) is 1.54. The van der Waals surface area contributed by atoms with Crippen molar-refractivity contribution in [2.75, 3.05) is 12.4 Å². The summed E-state index contributed by atoms with van der Waals surface area (Å²) in [5.41, 5.74) is 1.10. The highest BCUT2D eigenvalue weighted by molar-refractivity contribution is 5.95. The lowest BCUT2D eigenvalue weighted by molar-refractivity contribution is -0.137. The molecule has 0 fully saturated rings. The number of carbonyl (C=O) groups excluding carboxylic acids is 1. The number of rotatable bonds is 4. The number of carboxylic acid groups (broad SMARTS) is 1. The molecule has 0 aliphatic heterocycles. The zero-order valence-corrected chi connectivity index (χ0v) is 9.15. The van der Waals surface area contributed by atoms with Crippen LogP contribution in [0.1, 0.15) is 17.3 Å². The maximum absolute atomic E-state index is 11.3. The van der Waals surface area contributed by atoms with E-state index in [-0.39, 0.29) is 5.91 Å². The summed E-state index contributed by atoms with van der Waals surface area (Å²) in [5, 5.41) is 14.0. The van der Waals surface area contributed by atoms with Crippen molar-refractivity contribution in [2.45, 2.75) is 13.0 Å². The Hall–Kier alpha value is -2.04. The first kappa shape index (κ1) is 12.0. The Balaban J connectivity index is 2.82. The number of nitrogens with one attached hydrogen (secondary N) is 2. The molecule has 1 amide bonds. The minimum atomic E-state index is -0.939. The zero-order chi connectivity index (χ0) is 12.1. The van der Waals surface area contributed by atoms with E-state index in [0.717, 1.165) is 0 Å². The number of anilines is 1. The molecular weight excluding hydrogens is 208 g/mol. The molecule has 1 aromatic carbocycles. The first-order valence-electron chi connectivity index (χ1n) is 4.86. The average Bonchev–Trinajstić information content (AvgIpc) is 2.28. The van der Waals surface area contributed by atoms with Crippen LogP contribution in [0.3, 0.4) is 0 Å². The van der Waals surface area contributed by atoms with Crippen molar-refractivity contribution in [3.63, 3.8) is 0 Å². The normalized spacial score (nSPS) is 11.6. The van der Waals surface area contributed by atoms with Crippen molar-refractivity contribution in [3.05, 3.63) is 29.8 Å². The molecule has 0 saturated carbocycles. The monoisotopic (exact) mass is 222 g/mol. The molecule has 0 saturated heterocycles. The van der Waals surface area contributed by atoms with Crippen LogP contribution in [0, 0.1) is 0 Å². The first-order chi connectivity index (χ1) is 7.54. The fourth-order valence-electron chi connectivity index (χ4n) is 1.21. The standard InChI is InChI=1S/C11H14N2O3/c1-7(11(15)16)13-9-5-3-4-8(6-9)10(14)12-2/h3-7,13H,1-2H3,(H,12,14)(H,15,16). The minimum absolute atomic E-state index is 0.202. The van der Waals surface area contributed by atoms with Crippen LogP contribution in [0.25, 0.3) is 0 Å². The number of benzene rings is 1. The van der Waals surface area contributed by atoms with E-state index < -0.39 is 12.0 Å². The van der Waals surface area contributed by atoms with Crippen molar-refractivity contribution >= 4 is 17.6 Å². The molecule has 0 aliphatic rings. The van der Waals surface area contributed by atoms with E-state index in [1.165, 1.54) is 6.92 Å². The van der Waals surface area contributed by atoms with Gasteiger partial charge in [-0.15, -0.1) is 0 Å². The van der Waals surface area contributed by atoms with Gasteiger partial charge in [0, 0.05) is 18.3 Å². The molecular formula is C11H14N2O3. The maximum atomic E-state index is 11.3. The summed E-state index contributed by atoms with van der Waals surface area (Å²) < 4.78 is 0. The Kier molecular flexibility index (Phi) is 3.88. The highest BCUT2D eigenvalue weighted by atomic mass is 16.4. The van der Waals surface area contributed by atoms with Gasteiger partial charge in [0.15, 0.2) is 0 Å². The molecule has 0 spiro atoms. The molecule has 1 aromatic rings. The van der Waals surface area contributed by atoms with E-state index in [4.69, 9.17) is 5.11 Å². The Morgan fingerprint density at radius 2 is 2.06 bits per heavy atom. The largest absolute Gasteiger partial charge is 0.480 e. The topological polar surface area (TPSA) is 78.4 Å². The molecule has 0 radical (unpaired) electrons. The van der Waals surface area contributed by atoms with Crippen LogP contribution in [-0.2, 0) is 4.79 Å². The number of amides is 1. The van der Waals surface area contributed by atoms with Crippen molar-refractivity contribution in [1.29, 1.82) is 0 Å². The predicted octanol–water partition coefficient (Wildman–Crippen LogP) is 0.931. The van der Waals surface area contributed by atoms with Gasteiger partial charge in [0.2, 0.25) is 0 Å². The SMILES string of the molecule is CNC(=O)c1cccc(NC(C)C(=O)O)c1. The molecule has 5 heteroatoms. The minimum Gasteiger partial charge on any atom is -0.480 e. The number of aliphatic carboxylic acids is 1. The molecule has 0 bridgehead atoms. The van der Waals surface area contributed by atoms with Crippen LogP contribution in [0.15, 0.2) is 24.3 Å². The Bertz CT molecular complexity index is 404. The van der Waals surface area contributed by atoms with E-state index >= 15 is 0 Å². The van der Waals surface area contributed by atoms with Gasteiger partial charge in [-0.25, -0.2) is 0 Å². The second kappa shape index (κ2) is 5.16. The van der Waals surface area contributed by atoms with E-state index in [1.54, 1.807) is 31.3 Å². The van der Waals surface area contributed by atoms with E-state index in [9.17, 15) is 9.59 Å². The van der Waals surface area contributed by atoms with Crippen molar-refractivity contribution in [2.24, 2.45) is 0 Å². The summed E-state index contributed by atoms with van der Waals surface area (Å²) >= 11 is 0. The second-order valence-corrected chi connectivity index (χ2v) is 3.36. The Morgan fingerprint density at radius 3 is 2.62 bits per heavy atom. The van der Waals surface area contributed by atoms with Crippen LogP contribution in [-0.4, -0.2) is 30.1 Å². The third kappa shape index (κ3) is 2.98.